The molecule has 6 heteroatoms. The molecule has 0 saturated heterocycles. The molecule has 0 bridgehead atoms. The van der Waals surface area contributed by atoms with Crippen molar-refractivity contribution < 1.29 is 17.9 Å². The Balaban J connectivity index is 0.000000956. The lowest BCUT2D eigenvalue weighted by Crippen LogP contribution is -2.04. The van der Waals surface area contributed by atoms with E-state index < -0.39 is 11.7 Å². The smallest absolute Gasteiger partial charge is 0.416 e. The number of hydrogen-bond donors (Lipinski definition) is 0. The molecule has 0 aliphatic heterocycles. The van der Waals surface area contributed by atoms with Gasteiger partial charge in [0.05, 0.1) is 10.0 Å². The molecule has 0 atom stereocenters. The van der Waals surface area contributed by atoms with Gasteiger partial charge in [-0.3, -0.25) is 0 Å². The Labute approximate surface area is 123 Å². The van der Waals surface area contributed by atoms with Crippen LogP contribution in [0.25, 0.3) is 0 Å². The number of rotatable bonds is 2. The number of pyridine rings is 1. The minimum atomic E-state index is -4.34. The van der Waals surface area contributed by atoms with E-state index >= 15 is 0 Å². The number of nitrogens with zero attached hydrogens (tertiary/aromatic N) is 1. The number of benzene rings is 1. The monoisotopic (exact) mass is 345 g/mol. The largest absolute Gasteiger partial charge is 0.438 e. The van der Waals surface area contributed by atoms with Crippen molar-refractivity contribution in [2.24, 2.45) is 0 Å². The van der Waals surface area contributed by atoms with E-state index in [4.69, 9.17) is 4.74 Å². The summed E-state index contributed by atoms with van der Waals surface area (Å²) in [6.45, 7) is 6.00. The molecule has 20 heavy (non-hydrogen) atoms. The molecular formula is C14H11BrF3NO. The van der Waals surface area contributed by atoms with Crippen LogP contribution >= 0.6 is 15.9 Å². The Morgan fingerprint density at radius 1 is 1.05 bits per heavy atom. The van der Waals surface area contributed by atoms with Crippen LogP contribution in [0, 0.1) is 0 Å². The average molecular weight is 346 g/mol. The third kappa shape index (κ3) is 4.38. The van der Waals surface area contributed by atoms with Gasteiger partial charge in [-0.15, -0.1) is 13.2 Å². The Morgan fingerprint density at radius 2 is 1.65 bits per heavy atom. The lowest BCUT2D eigenvalue weighted by Gasteiger charge is -2.09. The van der Waals surface area contributed by atoms with E-state index in [1.165, 1.54) is 18.3 Å². The summed E-state index contributed by atoms with van der Waals surface area (Å²) in [6, 6.07) is 7.88. The lowest BCUT2D eigenvalue weighted by atomic mass is 10.2. The van der Waals surface area contributed by atoms with Gasteiger partial charge in [0.1, 0.15) is 5.75 Å². The molecule has 2 rings (SSSR count). The standard InChI is InChI=1S/C12H7BrF3NO.C2H4/c13-10-2-1-7-17-11(10)18-9-5-3-8(4-6-9)12(14,15)16;1-2/h1-7H;1-2H2. The van der Waals surface area contributed by atoms with Crippen LogP contribution in [0.5, 0.6) is 11.6 Å². The van der Waals surface area contributed by atoms with E-state index in [1.807, 2.05) is 0 Å². The van der Waals surface area contributed by atoms with Crippen molar-refractivity contribution in [3.05, 3.63) is 65.8 Å². The van der Waals surface area contributed by atoms with Crippen molar-refractivity contribution in [1.82, 2.24) is 4.98 Å². The van der Waals surface area contributed by atoms with E-state index in [2.05, 4.69) is 34.1 Å². The molecule has 0 aliphatic rings. The topological polar surface area (TPSA) is 22.1 Å². The second-order valence-electron chi connectivity index (χ2n) is 3.41. The molecule has 0 fully saturated rings. The van der Waals surface area contributed by atoms with Gasteiger partial charge in [0.2, 0.25) is 5.88 Å². The summed E-state index contributed by atoms with van der Waals surface area (Å²) in [5, 5.41) is 0. The zero-order valence-corrected chi connectivity index (χ0v) is 11.9. The summed E-state index contributed by atoms with van der Waals surface area (Å²) in [5.74, 6) is 0.597. The number of aromatic nitrogens is 1. The van der Waals surface area contributed by atoms with E-state index in [-0.39, 0.29) is 0 Å². The summed E-state index contributed by atoms with van der Waals surface area (Å²) < 4.78 is 43.0. The fourth-order valence-corrected chi connectivity index (χ4v) is 1.61. The van der Waals surface area contributed by atoms with E-state index in [1.54, 1.807) is 12.1 Å². The van der Waals surface area contributed by atoms with Crippen LogP contribution in [-0.2, 0) is 6.18 Å². The Hall–Kier alpha value is -1.82. The quantitative estimate of drug-likeness (QED) is 0.674. The second-order valence-corrected chi connectivity index (χ2v) is 4.27. The first-order chi connectivity index (χ1) is 9.47. The molecule has 1 heterocycles. The minimum Gasteiger partial charge on any atom is -0.438 e. The number of hydrogen-bond acceptors (Lipinski definition) is 2. The summed E-state index contributed by atoms with van der Waals surface area (Å²) in [7, 11) is 0. The molecule has 106 valence electrons. The predicted octanol–water partition coefficient (Wildman–Crippen LogP) is 5.46. The molecule has 0 radical (unpaired) electrons. The van der Waals surface area contributed by atoms with Gasteiger partial charge in [0, 0.05) is 6.20 Å². The van der Waals surface area contributed by atoms with Crippen LogP contribution in [-0.4, -0.2) is 4.98 Å². The molecule has 0 N–H and O–H groups in total. The molecule has 1 aromatic heterocycles. The maximum atomic E-state index is 12.3. The van der Waals surface area contributed by atoms with Gasteiger partial charge < -0.3 is 4.74 Å². The van der Waals surface area contributed by atoms with E-state index in [9.17, 15) is 13.2 Å². The maximum Gasteiger partial charge on any atom is 0.416 e. The molecule has 2 aromatic rings. The third-order valence-electron chi connectivity index (χ3n) is 2.12. The van der Waals surface area contributed by atoms with Gasteiger partial charge in [-0.2, -0.15) is 13.2 Å². The van der Waals surface area contributed by atoms with Crippen molar-refractivity contribution in [1.29, 1.82) is 0 Å². The Bertz CT molecular complexity index is 555. The van der Waals surface area contributed by atoms with Crippen molar-refractivity contribution in [2.45, 2.75) is 6.18 Å². The molecule has 2 nitrogen and oxygen atoms in total. The highest BCUT2D eigenvalue weighted by atomic mass is 79.9. The zero-order valence-electron chi connectivity index (χ0n) is 10.3. The first-order valence-corrected chi connectivity index (χ1v) is 6.22. The van der Waals surface area contributed by atoms with Crippen LogP contribution in [0.3, 0.4) is 0 Å². The van der Waals surface area contributed by atoms with Crippen molar-refractivity contribution in [3.8, 4) is 11.6 Å². The lowest BCUT2D eigenvalue weighted by molar-refractivity contribution is -0.137. The van der Waals surface area contributed by atoms with Crippen LogP contribution in [0.4, 0.5) is 13.2 Å². The molecule has 1 aromatic carbocycles. The van der Waals surface area contributed by atoms with Gasteiger partial charge in [0.25, 0.3) is 0 Å². The van der Waals surface area contributed by atoms with E-state index in [0.29, 0.717) is 16.1 Å². The van der Waals surface area contributed by atoms with Crippen molar-refractivity contribution in [2.75, 3.05) is 0 Å². The van der Waals surface area contributed by atoms with Crippen LogP contribution in [0.2, 0.25) is 0 Å². The Kier molecular flexibility index (Phi) is 5.76. The van der Waals surface area contributed by atoms with Gasteiger partial charge in [0.15, 0.2) is 0 Å². The van der Waals surface area contributed by atoms with Crippen LogP contribution < -0.4 is 4.74 Å². The molecule has 0 aliphatic carbocycles. The normalized spacial score (nSPS) is 10.4. The van der Waals surface area contributed by atoms with Crippen molar-refractivity contribution >= 4 is 15.9 Å². The molecule has 0 spiro atoms. The SMILES string of the molecule is C=C.FC(F)(F)c1ccc(Oc2ncccc2Br)cc1. The summed E-state index contributed by atoms with van der Waals surface area (Å²) in [5.41, 5.74) is -0.713. The van der Waals surface area contributed by atoms with Crippen LogP contribution in [0.15, 0.2) is 60.2 Å². The third-order valence-corrected chi connectivity index (χ3v) is 2.72. The average Bonchev–Trinajstić information content (AvgIpc) is 2.43. The fourth-order valence-electron chi connectivity index (χ4n) is 1.27. The maximum absolute atomic E-state index is 12.3. The highest BCUT2D eigenvalue weighted by Gasteiger charge is 2.30. The summed E-state index contributed by atoms with van der Waals surface area (Å²) in [4.78, 5) is 3.95. The summed E-state index contributed by atoms with van der Waals surface area (Å²) in [6.07, 6.45) is -2.81. The predicted molar refractivity (Wildman–Crippen MR) is 74.7 cm³/mol. The molecule has 0 unspecified atom stereocenters. The Morgan fingerprint density at radius 3 is 2.15 bits per heavy atom. The highest BCUT2D eigenvalue weighted by Crippen LogP contribution is 2.32. The number of halogens is 4. The fraction of sp³-hybridized carbons (Fsp3) is 0.0714. The molecule has 0 saturated carbocycles. The first-order valence-electron chi connectivity index (χ1n) is 5.42. The molecule has 0 amide bonds. The van der Waals surface area contributed by atoms with Crippen LogP contribution in [0.1, 0.15) is 5.56 Å². The van der Waals surface area contributed by atoms with E-state index in [0.717, 1.165) is 12.1 Å². The second kappa shape index (κ2) is 7.09. The van der Waals surface area contributed by atoms with Gasteiger partial charge >= 0.3 is 6.18 Å². The zero-order chi connectivity index (χ0) is 15.2. The van der Waals surface area contributed by atoms with Gasteiger partial charge in [-0.05, 0) is 52.3 Å². The molecular weight excluding hydrogens is 335 g/mol. The van der Waals surface area contributed by atoms with Gasteiger partial charge in [-0.1, -0.05) is 0 Å². The number of alkyl halides is 3. The number of ether oxygens (including phenoxy) is 1. The summed E-state index contributed by atoms with van der Waals surface area (Å²) >= 11 is 3.23. The first kappa shape index (κ1) is 16.2. The highest BCUT2D eigenvalue weighted by molar-refractivity contribution is 9.10. The van der Waals surface area contributed by atoms with Crippen molar-refractivity contribution in [3.63, 3.8) is 0 Å². The minimum absolute atomic E-state index is 0.294. The van der Waals surface area contributed by atoms with Gasteiger partial charge in [-0.25, -0.2) is 4.98 Å².